The van der Waals surface area contributed by atoms with Crippen molar-refractivity contribution in [3.05, 3.63) is 29.8 Å². The van der Waals surface area contributed by atoms with Crippen LogP contribution in [0.15, 0.2) is 24.3 Å². The topological polar surface area (TPSA) is 46.5 Å². The fraction of sp³-hybridized carbons (Fsp3) is 0.533. The largest absolute Gasteiger partial charge is 0.508 e. The molecule has 0 amide bonds. The minimum Gasteiger partial charge on any atom is -0.508 e. The minimum atomic E-state index is -0.112. The SMILES string of the molecule is CCCCC(Cc1ccc(O)cc1)C(=O)OCC. The van der Waals surface area contributed by atoms with Crippen LogP contribution in [-0.4, -0.2) is 17.7 Å². The first-order valence-corrected chi connectivity index (χ1v) is 6.61. The van der Waals surface area contributed by atoms with E-state index in [4.69, 9.17) is 4.74 Å². The molecular formula is C15H22O3. The van der Waals surface area contributed by atoms with E-state index in [1.54, 1.807) is 12.1 Å². The van der Waals surface area contributed by atoms with Gasteiger partial charge in [-0.05, 0) is 37.5 Å². The highest BCUT2D eigenvalue weighted by Gasteiger charge is 2.19. The second kappa shape index (κ2) is 7.75. The molecule has 0 fully saturated rings. The van der Waals surface area contributed by atoms with Crippen molar-refractivity contribution in [2.75, 3.05) is 6.61 Å². The molecule has 0 radical (unpaired) electrons. The van der Waals surface area contributed by atoms with Gasteiger partial charge in [0.05, 0.1) is 12.5 Å². The molecule has 1 aromatic rings. The third-order valence-corrected chi connectivity index (χ3v) is 2.94. The smallest absolute Gasteiger partial charge is 0.309 e. The highest BCUT2D eigenvalue weighted by Crippen LogP contribution is 2.19. The summed E-state index contributed by atoms with van der Waals surface area (Å²) in [4.78, 5) is 11.8. The first kappa shape index (κ1) is 14.6. The van der Waals surface area contributed by atoms with Crippen molar-refractivity contribution in [3.8, 4) is 5.75 Å². The second-order valence-corrected chi connectivity index (χ2v) is 4.46. The summed E-state index contributed by atoms with van der Waals surface area (Å²) >= 11 is 0. The van der Waals surface area contributed by atoms with Crippen LogP contribution in [0.4, 0.5) is 0 Å². The molecule has 1 atom stereocenters. The zero-order valence-corrected chi connectivity index (χ0v) is 11.2. The summed E-state index contributed by atoms with van der Waals surface area (Å²) in [5.41, 5.74) is 1.06. The Morgan fingerprint density at radius 1 is 1.28 bits per heavy atom. The molecular weight excluding hydrogens is 228 g/mol. The molecule has 0 aliphatic carbocycles. The Balaban J connectivity index is 2.64. The Labute approximate surface area is 109 Å². The van der Waals surface area contributed by atoms with Crippen LogP contribution >= 0.6 is 0 Å². The standard InChI is InChI=1S/C15H22O3/c1-3-5-6-13(15(17)18-4-2)11-12-7-9-14(16)10-8-12/h7-10,13,16H,3-6,11H2,1-2H3. The van der Waals surface area contributed by atoms with Gasteiger partial charge in [0.2, 0.25) is 0 Å². The first-order chi connectivity index (χ1) is 8.67. The number of phenols is 1. The van der Waals surface area contributed by atoms with Gasteiger partial charge in [-0.3, -0.25) is 4.79 Å². The summed E-state index contributed by atoms with van der Waals surface area (Å²) in [6.07, 6.45) is 3.64. The summed E-state index contributed by atoms with van der Waals surface area (Å²) in [5.74, 6) is 0.0634. The minimum absolute atomic E-state index is 0.0746. The van der Waals surface area contributed by atoms with Gasteiger partial charge in [-0.15, -0.1) is 0 Å². The number of aromatic hydroxyl groups is 1. The lowest BCUT2D eigenvalue weighted by Crippen LogP contribution is -2.20. The average Bonchev–Trinajstić information content (AvgIpc) is 2.37. The maximum absolute atomic E-state index is 11.8. The van der Waals surface area contributed by atoms with Gasteiger partial charge < -0.3 is 9.84 Å². The Hall–Kier alpha value is -1.51. The summed E-state index contributed by atoms with van der Waals surface area (Å²) < 4.78 is 5.11. The van der Waals surface area contributed by atoms with E-state index < -0.39 is 0 Å². The molecule has 1 aromatic carbocycles. The third kappa shape index (κ3) is 4.78. The average molecular weight is 250 g/mol. The van der Waals surface area contributed by atoms with Gasteiger partial charge in [-0.1, -0.05) is 31.9 Å². The van der Waals surface area contributed by atoms with Gasteiger partial charge in [0, 0.05) is 0 Å². The van der Waals surface area contributed by atoms with Crippen molar-refractivity contribution >= 4 is 5.97 Å². The van der Waals surface area contributed by atoms with E-state index >= 15 is 0 Å². The van der Waals surface area contributed by atoms with E-state index in [0.717, 1.165) is 24.8 Å². The third-order valence-electron chi connectivity index (χ3n) is 2.94. The van der Waals surface area contributed by atoms with Crippen molar-refractivity contribution in [1.82, 2.24) is 0 Å². The van der Waals surface area contributed by atoms with E-state index in [2.05, 4.69) is 6.92 Å². The molecule has 0 saturated heterocycles. The Morgan fingerprint density at radius 2 is 1.94 bits per heavy atom. The molecule has 0 aliphatic rings. The Morgan fingerprint density at radius 3 is 2.50 bits per heavy atom. The van der Waals surface area contributed by atoms with Crippen LogP contribution in [0.2, 0.25) is 0 Å². The zero-order chi connectivity index (χ0) is 13.4. The highest BCUT2D eigenvalue weighted by molar-refractivity contribution is 5.72. The number of phenolic OH excluding ortho intramolecular Hbond substituents is 1. The molecule has 1 unspecified atom stereocenters. The van der Waals surface area contributed by atoms with Crippen molar-refractivity contribution in [3.63, 3.8) is 0 Å². The van der Waals surface area contributed by atoms with Crippen LogP contribution in [0.25, 0.3) is 0 Å². The number of hydrogen-bond acceptors (Lipinski definition) is 3. The highest BCUT2D eigenvalue weighted by atomic mass is 16.5. The number of unbranched alkanes of at least 4 members (excludes halogenated alkanes) is 1. The molecule has 1 rings (SSSR count). The molecule has 100 valence electrons. The lowest BCUT2D eigenvalue weighted by molar-refractivity contribution is -0.148. The number of ether oxygens (including phenoxy) is 1. The molecule has 18 heavy (non-hydrogen) atoms. The molecule has 0 aromatic heterocycles. The van der Waals surface area contributed by atoms with Crippen molar-refractivity contribution in [2.45, 2.75) is 39.5 Å². The van der Waals surface area contributed by atoms with Crippen LogP contribution in [0, 0.1) is 5.92 Å². The molecule has 1 N–H and O–H groups in total. The normalized spacial score (nSPS) is 12.1. The monoisotopic (exact) mass is 250 g/mol. The van der Waals surface area contributed by atoms with Gasteiger partial charge in [-0.25, -0.2) is 0 Å². The number of carbonyl (C=O) groups is 1. The second-order valence-electron chi connectivity index (χ2n) is 4.46. The van der Waals surface area contributed by atoms with Gasteiger partial charge in [0.1, 0.15) is 5.75 Å². The van der Waals surface area contributed by atoms with Crippen LogP contribution in [0.5, 0.6) is 5.75 Å². The number of hydrogen-bond donors (Lipinski definition) is 1. The summed E-state index contributed by atoms with van der Waals surface area (Å²) in [6, 6.07) is 7.01. The predicted molar refractivity (Wildman–Crippen MR) is 71.5 cm³/mol. The van der Waals surface area contributed by atoms with Gasteiger partial charge in [0.15, 0.2) is 0 Å². The summed E-state index contributed by atoms with van der Waals surface area (Å²) in [7, 11) is 0. The molecule has 0 aliphatic heterocycles. The number of rotatable bonds is 7. The quantitative estimate of drug-likeness (QED) is 0.755. The molecule has 3 heteroatoms. The fourth-order valence-corrected chi connectivity index (χ4v) is 1.93. The van der Waals surface area contributed by atoms with Crippen molar-refractivity contribution in [2.24, 2.45) is 5.92 Å². The number of carbonyl (C=O) groups excluding carboxylic acids is 1. The van der Waals surface area contributed by atoms with Gasteiger partial charge >= 0.3 is 5.97 Å². The number of benzene rings is 1. The van der Waals surface area contributed by atoms with E-state index in [1.165, 1.54) is 0 Å². The van der Waals surface area contributed by atoms with Crippen LogP contribution < -0.4 is 0 Å². The summed E-state index contributed by atoms with van der Waals surface area (Å²) in [5, 5.41) is 9.23. The fourth-order valence-electron chi connectivity index (χ4n) is 1.93. The zero-order valence-electron chi connectivity index (χ0n) is 11.2. The van der Waals surface area contributed by atoms with Crippen molar-refractivity contribution in [1.29, 1.82) is 0 Å². The van der Waals surface area contributed by atoms with Crippen LogP contribution in [0.3, 0.4) is 0 Å². The van der Waals surface area contributed by atoms with Gasteiger partial charge in [-0.2, -0.15) is 0 Å². The van der Waals surface area contributed by atoms with Crippen molar-refractivity contribution < 1.29 is 14.6 Å². The number of esters is 1. The predicted octanol–water partition coefficient (Wildman–Crippen LogP) is 3.30. The van der Waals surface area contributed by atoms with E-state index in [9.17, 15) is 9.90 Å². The van der Waals surface area contributed by atoms with Crippen LogP contribution in [-0.2, 0) is 16.0 Å². The lowest BCUT2D eigenvalue weighted by Gasteiger charge is -2.15. The molecule has 0 bridgehead atoms. The summed E-state index contributed by atoms with van der Waals surface area (Å²) in [6.45, 7) is 4.37. The molecule has 0 heterocycles. The first-order valence-electron chi connectivity index (χ1n) is 6.61. The Kier molecular flexibility index (Phi) is 6.26. The molecule has 0 saturated carbocycles. The van der Waals surface area contributed by atoms with E-state index in [0.29, 0.717) is 13.0 Å². The molecule has 0 spiro atoms. The maximum Gasteiger partial charge on any atom is 0.309 e. The maximum atomic E-state index is 11.8. The van der Waals surface area contributed by atoms with Gasteiger partial charge in [0.25, 0.3) is 0 Å². The molecule has 3 nitrogen and oxygen atoms in total. The van der Waals surface area contributed by atoms with E-state index in [-0.39, 0.29) is 17.6 Å². The Bertz CT molecular complexity index is 357. The van der Waals surface area contributed by atoms with Crippen LogP contribution in [0.1, 0.15) is 38.7 Å². The lowest BCUT2D eigenvalue weighted by atomic mass is 9.94. The van der Waals surface area contributed by atoms with E-state index in [1.807, 2.05) is 19.1 Å².